The third kappa shape index (κ3) is 3.79. The predicted molar refractivity (Wildman–Crippen MR) is 78.2 cm³/mol. The maximum Gasteiger partial charge on any atom is 0.142 e. The third-order valence-corrected chi connectivity index (χ3v) is 3.52. The lowest BCUT2D eigenvalue weighted by atomic mass is 10.1. The van der Waals surface area contributed by atoms with Crippen LogP contribution in [0.2, 0.25) is 0 Å². The van der Waals surface area contributed by atoms with Crippen molar-refractivity contribution in [2.24, 2.45) is 5.73 Å². The summed E-state index contributed by atoms with van der Waals surface area (Å²) in [6.45, 7) is 4.69. The Labute approximate surface area is 116 Å². The first kappa shape index (κ1) is 13.5. The van der Waals surface area contributed by atoms with Gasteiger partial charge in [0.25, 0.3) is 0 Å². The molecule has 1 heterocycles. The summed E-state index contributed by atoms with van der Waals surface area (Å²) in [4.78, 5) is 4.27. The Hall–Kier alpha value is -1.88. The van der Waals surface area contributed by atoms with Gasteiger partial charge < -0.3 is 10.5 Å². The maximum absolute atomic E-state index is 7.30. The number of hydrogen-bond donors (Lipinski definition) is 2. The van der Waals surface area contributed by atoms with E-state index in [2.05, 4.69) is 24.9 Å². The van der Waals surface area contributed by atoms with Gasteiger partial charge in [-0.15, -0.1) is 11.3 Å². The number of aryl methyl sites for hydroxylation is 2. The molecular weight excluding hydrogens is 258 g/mol. The van der Waals surface area contributed by atoms with Gasteiger partial charge in [-0.05, 0) is 37.1 Å². The zero-order valence-electron chi connectivity index (χ0n) is 11.1. The summed E-state index contributed by atoms with van der Waals surface area (Å²) in [6.07, 6.45) is 0.727. The van der Waals surface area contributed by atoms with Gasteiger partial charge in [0.05, 0.1) is 11.6 Å². The second-order valence-corrected chi connectivity index (χ2v) is 5.40. The van der Waals surface area contributed by atoms with E-state index in [-0.39, 0.29) is 5.84 Å². The van der Waals surface area contributed by atoms with Gasteiger partial charge in [-0.1, -0.05) is 6.07 Å². The lowest BCUT2D eigenvalue weighted by Crippen LogP contribution is -2.11. The van der Waals surface area contributed by atoms with Crippen molar-refractivity contribution in [3.8, 4) is 5.75 Å². The Morgan fingerprint density at radius 3 is 2.58 bits per heavy atom. The number of hydrogen-bond acceptors (Lipinski definition) is 4. The van der Waals surface area contributed by atoms with Gasteiger partial charge in [-0.25, -0.2) is 4.98 Å². The van der Waals surface area contributed by atoms with E-state index < -0.39 is 0 Å². The minimum Gasteiger partial charge on any atom is -0.493 e. The smallest absolute Gasteiger partial charge is 0.142 e. The Bertz CT molecular complexity index is 572. The monoisotopic (exact) mass is 275 g/mol. The molecule has 3 N–H and O–H groups in total. The molecule has 5 heteroatoms. The van der Waals surface area contributed by atoms with E-state index in [1.807, 2.05) is 12.1 Å². The van der Waals surface area contributed by atoms with E-state index in [1.54, 1.807) is 5.38 Å². The molecule has 0 spiro atoms. The molecular formula is C14H17N3OS. The van der Waals surface area contributed by atoms with Crippen LogP contribution in [0.3, 0.4) is 0 Å². The number of nitrogens with two attached hydrogens (primary N) is 1. The number of rotatable bonds is 5. The Morgan fingerprint density at radius 2 is 2.00 bits per heavy atom. The molecule has 0 unspecified atom stereocenters. The minimum absolute atomic E-state index is 0.0118. The molecule has 0 aliphatic heterocycles. The Balaban J connectivity index is 1.90. The van der Waals surface area contributed by atoms with Crippen molar-refractivity contribution < 1.29 is 4.74 Å². The van der Waals surface area contributed by atoms with Crippen LogP contribution < -0.4 is 10.5 Å². The van der Waals surface area contributed by atoms with Gasteiger partial charge in [-0.3, -0.25) is 5.41 Å². The summed E-state index contributed by atoms with van der Waals surface area (Å²) in [7, 11) is 0. The fourth-order valence-electron chi connectivity index (χ4n) is 1.82. The van der Waals surface area contributed by atoms with Crippen molar-refractivity contribution in [1.82, 2.24) is 4.98 Å². The highest BCUT2D eigenvalue weighted by Crippen LogP contribution is 2.17. The van der Waals surface area contributed by atoms with Crippen LogP contribution in [0.1, 0.15) is 21.8 Å². The van der Waals surface area contributed by atoms with E-state index in [4.69, 9.17) is 15.9 Å². The van der Waals surface area contributed by atoms with E-state index >= 15 is 0 Å². The summed E-state index contributed by atoms with van der Waals surface area (Å²) in [5.74, 6) is 0.901. The number of nitrogen functional groups attached to an aromatic ring is 1. The number of ether oxygens (including phenoxy) is 1. The van der Waals surface area contributed by atoms with Crippen molar-refractivity contribution in [3.05, 3.63) is 45.4 Å². The number of amidine groups is 1. The van der Waals surface area contributed by atoms with Crippen LogP contribution in [-0.2, 0) is 6.42 Å². The first-order valence-corrected chi connectivity index (χ1v) is 6.92. The van der Waals surface area contributed by atoms with Crippen molar-refractivity contribution in [2.45, 2.75) is 20.3 Å². The molecule has 0 saturated heterocycles. The molecule has 0 radical (unpaired) electrons. The highest BCUT2D eigenvalue weighted by Gasteiger charge is 2.04. The average molecular weight is 275 g/mol. The highest BCUT2D eigenvalue weighted by molar-refractivity contribution is 7.09. The topological polar surface area (TPSA) is 72.0 Å². The van der Waals surface area contributed by atoms with Crippen LogP contribution in [0.4, 0.5) is 0 Å². The number of thiazole rings is 1. The van der Waals surface area contributed by atoms with Crippen LogP contribution in [0, 0.1) is 19.3 Å². The first-order chi connectivity index (χ1) is 9.04. The summed E-state index contributed by atoms with van der Waals surface area (Å²) >= 11 is 1.51. The summed E-state index contributed by atoms with van der Waals surface area (Å²) < 4.78 is 5.72. The molecule has 100 valence electrons. The van der Waals surface area contributed by atoms with Crippen LogP contribution in [0.25, 0.3) is 0 Å². The van der Waals surface area contributed by atoms with E-state index in [0.29, 0.717) is 12.3 Å². The molecule has 1 aromatic heterocycles. The molecule has 0 aliphatic carbocycles. The fourth-order valence-corrected chi connectivity index (χ4v) is 2.60. The molecule has 2 aromatic rings. The Kier molecular flexibility index (Phi) is 4.16. The first-order valence-electron chi connectivity index (χ1n) is 6.04. The lowest BCUT2D eigenvalue weighted by Gasteiger charge is -2.07. The summed E-state index contributed by atoms with van der Waals surface area (Å²) in [6, 6.07) is 6.17. The van der Waals surface area contributed by atoms with E-state index in [1.165, 1.54) is 22.5 Å². The fraction of sp³-hybridized carbons (Fsp3) is 0.286. The molecule has 0 atom stereocenters. The standard InChI is InChI=1S/C14H17N3OS/c1-9-5-10(2)7-11(6-9)18-4-3-13-17-12(8-19-13)14(15)16/h5-8H,3-4H2,1-2H3,(H3,15,16). The van der Waals surface area contributed by atoms with Crippen LogP contribution in [-0.4, -0.2) is 17.4 Å². The molecule has 0 bridgehead atoms. The van der Waals surface area contributed by atoms with Crippen LogP contribution >= 0.6 is 11.3 Å². The second kappa shape index (κ2) is 5.84. The zero-order chi connectivity index (χ0) is 13.8. The highest BCUT2D eigenvalue weighted by atomic mass is 32.1. The predicted octanol–water partition coefficient (Wildman–Crippen LogP) is 2.67. The number of nitrogens with one attached hydrogen (secondary N) is 1. The van der Waals surface area contributed by atoms with Crippen LogP contribution in [0.15, 0.2) is 23.6 Å². The number of benzene rings is 1. The van der Waals surface area contributed by atoms with E-state index in [9.17, 15) is 0 Å². The molecule has 2 rings (SSSR count). The van der Waals surface area contributed by atoms with Crippen molar-refractivity contribution in [1.29, 1.82) is 5.41 Å². The average Bonchev–Trinajstić information content (AvgIpc) is 2.76. The van der Waals surface area contributed by atoms with Crippen molar-refractivity contribution in [2.75, 3.05) is 6.61 Å². The zero-order valence-corrected chi connectivity index (χ0v) is 11.9. The van der Waals surface area contributed by atoms with Gasteiger partial charge in [0.1, 0.15) is 17.3 Å². The quantitative estimate of drug-likeness (QED) is 0.651. The molecule has 0 saturated carbocycles. The summed E-state index contributed by atoms with van der Waals surface area (Å²) in [5, 5.41) is 10.0. The molecule has 0 amide bonds. The second-order valence-electron chi connectivity index (χ2n) is 4.46. The molecule has 0 fully saturated rings. The van der Waals surface area contributed by atoms with Gasteiger partial charge in [0.2, 0.25) is 0 Å². The van der Waals surface area contributed by atoms with E-state index in [0.717, 1.165) is 17.2 Å². The molecule has 1 aromatic carbocycles. The van der Waals surface area contributed by atoms with Gasteiger partial charge in [0, 0.05) is 11.8 Å². The molecule has 4 nitrogen and oxygen atoms in total. The molecule has 19 heavy (non-hydrogen) atoms. The summed E-state index contributed by atoms with van der Waals surface area (Å²) in [5.41, 5.74) is 8.32. The molecule has 0 aliphatic rings. The van der Waals surface area contributed by atoms with Crippen LogP contribution in [0.5, 0.6) is 5.75 Å². The third-order valence-electron chi connectivity index (χ3n) is 2.61. The van der Waals surface area contributed by atoms with Crippen molar-refractivity contribution >= 4 is 17.2 Å². The van der Waals surface area contributed by atoms with Gasteiger partial charge >= 0.3 is 0 Å². The number of nitrogens with zero attached hydrogens (tertiary/aromatic N) is 1. The SMILES string of the molecule is Cc1cc(C)cc(OCCc2nc(C(=N)N)cs2)c1. The maximum atomic E-state index is 7.30. The lowest BCUT2D eigenvalue weighted by molar-refractivity contribution is 0.321. The number of aromatic nitrogens is 1. The van der Waals surface area contributed by atoms with Gasteiger partial charge in [0.15, 0.2) is 0 Å². The largest absolute Gasteiger partial charge is 0.493 e. The minimum atomic E-state index is 0.0118. The Morgan fingerprint density at radius 1 is 1.32 bits per heavy atom. The normalized spacial score (nSPS) is 10.4. The van der Waals surface area contributed by atoms with Crippen molar-refractivity contribution in [3.63, 3.8) is 0 Å². The van der Waals surface area contributed by atoms with Gasteiger partial charge in [-0.2, -0.15) is 0 Å².